The Morgan fingerprint density at radius 2 is 1.95 bits per heavy atom. The van der Waals surface area contributed by atoms with Crippen LogP contribution in [0.25, 0.3) is 0 Å². The molecule has 1 heterocycles. The Hall–Kier alpha value is -2.16. The fourth-order valence-electron chi connectivity index (χ4n) is 2.65. The van der Waals surface area contributed by atoms with Crippen molar-refractivity contribution < 1.29 is 4.74 Å². The number of nitrogens with zero attached hydrogens (tertiary/aromatic N) is 1. The minimum atomic E-state index is 0.765. The Morgan fingerprint density at radius 1 is 1.10 bits per heavy atom. The SMILES string of the molecule is Cc1ccc(NCCN2CCOc3ccccc32)cc1C. The third kappa shape index (κ3) is 3.13. The van der Waals surface area contributed by atoms with Crippen molar-refractivity contribution in [1.29, 1.82) is 0 Å². The Bertz CT molecular complexity index is 624. The summed E-state index contributed by atoms with van der Waals surface area (Å²) in [6.45, 7) is 7.92. The van der Waals surface area contributed by atoms with E-state index in [1.54, 1.807) is 0 Å². The molecule has 1 aliphatic heterocycles. The van der Waals surface area contributed by atoms with Crippen LogP contribution in [0.15, 0.2) is 42.5 Å². The molecule has 0 aliphatic carbocycles. The summed E-state index contributed by atoms with van der Waals surface area (Å²) in [6.07, 6.45) is 0. The summed E-state index contributed by atoms with van der Waals surface area (Å²) in [5, 5.41) is 3.51. The van der Waals surface area contributed by atoms with E-state index in [-0.39, 0.29) is 0 Å². The lowest BCUT2D eigenvalue weighted by Crippen LogP contribution is -2.36. The van der Waals surface area contributed by atoms with Crippen molar-refractivity contribution in [2.45, 2.75) is 13.8 Å². The molecule has 0 amide bonds. The first-order chi connectivity index (χ1) is 10.2. The van der Waals surface area contributed by atoms with E-state index in [0.29, 0.717) is 0 Å². The molecule has 1 N–H and O–H groups in total. The van der Waals surface area contributed by atoms with E-state index in [4.69, 9.17) is 4.74 Å². The number of nitrogens with one attached hydrogen (secondary N) is 1. The Balaban J connectivity index is 1.60. The topological polar surface area (TPSA) is 24.5 Å². The number of anilines is 2. The van der Waals surface area contributed by atoms with Gasteiger partial charge in [-0.15, -0.1) is 0 Å². The van der Waals surface area contributed by atoms with Gasteiger partial charge in [-0.3, -0.25) is 0 Å². The fourth-order valence-corrected chi connectivity index (χ4v) is 2.65. The van der Waals surface area contributed by atoms with Crippen molar-refractivity contribution >= 4 is 11.4 Å². The molecule has 0 atom stereocenters. The second-order valence-corrected chi connectivity index (χ2v) is 5.53. The minimum absolute atomic E-state index is 0.765. The second-order valence-electron chi connectivity index (χ2n) is 5.53. The number of ether oxygens (including phenoxy) is 1. The standard InChI is InChI=1S/C18H22N2O/c1-14-7-8-16(13-15(14)2)19-9-10-20-11-12-21-18-6-4-3-5-17(18)20/h3-8,13,19H,9-12H2,1-2H3. The summed E-state index contributed by atoms with van der Waals surface area (Å²) < 4.78 is 5.69. The Kier molecular flexibility index (Phi) is 4.00. The molecular weight excluding hydrogens is 260 g/mol. The molecule has 3 nitrogen and oxygen atoms in total. The van der Waals surface area contributed by atoms with Gasteiger partial charge in [-0.2, -0.15) is 0 Å². The van der Waals surface area contributed by atoms with Gasteiger partial charge in [0.25, 0.3) is 0 Å². The fraction of sp³-hybridized carbons (Fsp3) is 0.333. The van der Waals surface area contributed by atoms with Crippen LogP contribution in [0, 0.1) is 13.8 Å². The summed E-state index contributed by atoms with van der Waals surface area (Å²) >= 11 is 0. The van der Waals surface area contributed by atoms with Gasteiger partial charge in [0.05, 0.1) is 12.2 Å². The predicted octanol–water partition coefficient (Wildman–Crippen LogP) is 3.61. The monoisotopic (exact) mass is 282 g/mol. The third-order valence-corrected chi connectivity index (χ3v) is 4.04. The van der Waals surface area contributed by atoms with Crippen LogP contribution >= 0.6 is 0 Å². The quantitative estimate of drug-likeness (QED) is 0.927. The summed E-state index contributed by atoms with van der Waals surface area (Å²) in [4.78, 5) is 2.38. The van der Waals surface area contributed by atoms with Crippen molar-refractivity contribution in [3.63, 3.8) is 0 Å². The van der Waals surface area contributed by atoms with Gasteiger partial charge in [0.15, 0.2) is 0 Å². The van der Waals surface area contributed by atoms with E-state index in [0.717, 1.165) is 32.0 Å². The maximum absolute atomic E-state index is 5.69. The van der Waals surface area contributed by atoms with Crippen molar-refractivity contribution in [1.82, 2.24) is 0 Å². The first kappa shape index (κ1) is 13.8. The smallest absolute Gasteiger partial charge is 0.142 e. The number of hydrogen-bond acceptors (Lipinski definition) is 3. The van der Waals surface area contributed by atoms with E-state index in [2.05, 4.69) is 54.4 Å². The molecule has 110 valence electrons. The van der Waals surface area contributed by atoms with Gasteiger partial charge in [-0.25, -0.2) is 0 Å². The second kappa shape index (κ2) is 6.08. The van der Waals surface area contributed by atoms with Gasteiger partial charge in [0.1, 0.15) is 12.4 Å². The molecule has 0 spiro atoms. The van der Waals surface area contributed by atoms with Gasteiger partial charge in [-0.05, 0) is 49.2 Å². The molecule has 2 aromatic carbocycles. The van der Waals surface area contributed by atoms with Crippen molar-refractivity contribution in [2.24, 2.45) is 0 Å². The average Bonchev–Trinajstić information content (AvgIpc) is 2.51. The van der Waals surface area contributed by atoms with E-state index in [1.165, 1.54) is 22.5 Å². The highest BCUT2D eigenvalue weighted by atomic mass is 16.5. The molecule has 0 saturated heterocycles. The highest BCUT2D eigenvalue weighted by Gasteiger charge is 2.16. The molecule has 2 aromatic rings. The highest BCUT2D eigenvalue weighted by Crippen LogP contribution is 2.30. The van der Waals surface area contributed by atoms with Gasteiger partial charge in [-0.1, -0.05) is 18.2 Å². The zero-order chi connectivity index (χ0) is 14.7. The average molecular weight is 282 g/mol. The van der Waals surface area contributed by atoms with Gasteiger partial charge >= 0.3 is 0 Å². The lowest BCUT2D eigenvalue weighted by Gasteiger charge is -2.31. The third-order valence-electron chi connectivity index (χ3n) is 4.04. The lowest BCUT2D eigenvalue weighted by molar-refractivity contribution is 0.308. The molecular formula is C18H22N2O. The Labute approximate surface area is 126 Å². The van der Waals surface area contributed by atoms with Crippen LogP contribution in [0.5, 0.6) is 5.75 Å². The summed E-state index contributed by atoms with van der Waals surface area (Å²) in [5.74, 6) is 0.995. The summed E-state index contributed by atoms with van der Waals surface area (Å²) in [7, 11) is 0. The lowest BCUT2D eigenvalue weighted by atomic mass is 10.1. The summed E-state index contributed by atoms with van der Waals surface area (Å²) in [5.41, 5.74) is 5.06. The van der Waals surface area contributed by atoms with E-state index in [1.807, 2.05) is 12.1 Å². The maximum atomic E-state index is 5.69. The maximum Gasteiger partial charge on any atom is 0.142 e. The van der Waals surface area contributed by atoms with Crippen molar-refractivity contribution in [2.75, 3.05) is 36.5 Å². The van der Waals surface area contributed by atoms with E-state index >= 15 is 0 Å². The van der Waals surface area contributed by atoms with Crippen molar-refractivity contribution in [3.8, 4) is 5.75 Å². The first-order valence-corrected chi connectivity index (χ1v) is 7.52. The number of aryl methyl sites for hydroxylation is 2. The number of hydrogen-bond donors (Lipinski definition) is 1. The predicted molar refractivity (Wildman–Crippen MR) is 88.6 cm³/mol. The van der Waals surface area contributed by atoms with Crippen LogP contribution in [-0.2, 0) is 0 Å². The number of benzene rings is 2. The van der Waals surface area contributed by atoms with Crippen LogP contribution in [-0.4, -0.2) is 26.2 Å². The normalized spacial score (nSPS) is 13.5. The van der Waals surface area contributed by atoms with E-state index in [9.17, 15) is 0 Å². The molecule has 0 unspecified atom stereocenters. The van der Waals surface area contributed by atoms with Crippen LogP contribution < -0.4 is 15.0 Å². The minimum Gasteiger partial charge on any atom is -0.490 e. The number of fused-ring (bicyclic) bond motifs is 1. The van der Waals surface area contributed by atoms with Gasteiger partial charge in [0, 0.05) is 18.8 Å². The highest BCUT2D eigenvalue weighted by molar-refractivity contribution is 5.60. The van der Waals surface area contributed by atoms with E-state index < -0.39 is 0 Å². The number of para-hydroxylation sites is 2. The molecule has 0 fully saturated rings. The molecule has 0 bridgehead atoms. The Morgan fingerprint density at radius 3 is 2.81 bits per heavy atom. The van der Waals surface area contributed by atoms with Crippen LogP contribution in [0.2, 0.25) is 0 Å². The van der Waals surface area contributed by atoms with Gasteiger partial charge in [0.2, 0.25) is 0 Å². The number of rotatable bonds is 4. The molecule has 1 aliphatic rings. The van der Waals surface area contributed by atoms with Crippen LogP contribution in [0.3, 0.4) is 0 Å². The summed E-state index contributed by atoms with van der Waals surface area (Å²) in [6, 6.07) is 14.8. The van der Waals surface area contributed by atoms with Gasteiger partial charge < -0.3 is 15.0 Å². The zero-order valence-corrected chi connectivity index (χ0v) is 12.7. The van der Waals surface area contributed by atoms with Crippen LogP contribution in [0.4, 0.5) is 11.4 Å². The molecule has 0 saturated carbocycles. The zero-order valence-electron chi connectivity index (χ0n) is 12.7. The molecule has 0 aromatic heterocycles. The largest absolute Gasteiger partial charge is 0.490 e. The molecule has 3 rings (SSSR count). The van der Waals surface area contributed by atoms with Crippen LogP contribution in [0.1, 0.15) is 11.1 Å². The molecule has 21 heavy (non-hydrogen) atoms. The molecule has 0 radical (unpaired) electrons. The molecule has 3 heteroatoms. The van der Waals surface area contributed by atoms with Crippen molar-refractivity contribution in [3.05, 3.63) is 53.6 Å². The first-order valence-electron chi connectivity index (χ1n) is 7.52.